The third kappa shape index (κ3) is 2.71. The van der Waals surface area contributed by atoms with Crippen LogP contribution in [0.1, 0.15) is 40.5 Å². The highest BCUT2D eigenvalue weighted by Crippen LogP contribution is 2.37. The van der Waals surface area contributed by atoms with E-state index < -0.39 is 0 Å². The summed E-state index contributed by atoms with van der Waals surface area (Å²) in [6.45, 7) is 8.61. The van der Waals surface area contributed by atoms with Gasteiger partial charge in [0.15, 0.2) is 0 Å². The van der Waals surface area contributed by atoms with Crippen molar-refractivity contribution >= 4 is 0 Å². The first kappa shape index (κ1) is 11.5. The van der Waals surface area contributed by atoms with E-state index in [1.165, 1.54) is 12.0 Å². The number of hydrogen-bond donors (Lipinski definition) is 1. The molecule has 0 amide bonds. The molecule has 1 aliphatic carbocycles. The lowest BCUT2D eigenvalue weighted by molar-refractivity contribution is 0.149. The molecule has 1 aliphatic rings. The maximum Gasteiger partial charge on any atom is 0.0785 e. The molecule has 0 fully saturated rings. The Bertz CT molecular complexity index is 248. The average Bonchev–Trinajstić information content (AvgIpc) is 2.02. The molecule has 2 unspecified atom stereocenters. The first-order valence-electron chi connectivity index (χ1n) is 5.46. The van der Waals surface area contributed by atoms with E-state index in [4.69, 9.17) is 0 Å². The summed E-state index contributed by atoms with van der Waals surface area (Å²) in [6.07, 6.45) is 8.10. The Labute approximate surface area is 87.5 Å². The summed E-state index contributed by atoms with van der Waals surface area (Å²) in [7, 11) is 0. The summed E-state index contributed by atoms with van der Waals surface area (Å²) in [5, 5.41) is 9.89. The van der Waals surface area contributed by atoms with Crippen molar-refractivity contribution in [2.75, 3.05) is 0 Å². The van der Waals surface area contributed by atoms with Gasteiger partial charge in [0.05, 0.1) is 6.10 Å². The highest BCUT2D eigenvalue weighted by molar-refractivity contribution is 5.16. The van der Waals surface area contributed by atoms with Crippen molar-refractivity contribution in [2.24, 2.45) is 11.3 Å². The van der Waals surface area contributed by atoms with Crippen LogP contribution in [-0.2, 0) is 0 Å². The Morgan fingerprint density at radius 3 is 2.71 bits per heavy atom. The second-order valence-electron chi connectivity index (χ2n) is 5.04. The molecule has 0 aliphatic heterocycles. The van der Waals surface area contributed by atoms with Crippen molar-refractivity contribution in [3.05, 3.63) is 23.8 Å². The number of allylic oxidation sites excluding steroid dienone is 2. The van der Waals surface area contributed by atoms with Gasteiger partial charge in [-0.25, -0.2) is 0 Å². The molecule has 80 valence electrons. The van der Waals surface area contributed by atoms with Crippen LogP contribution in [0, 0.1) is 11.3 Å². The monoisotopic (exact) mass is 194 g/mol. The van der Waals surface area contributed by atoms with Crippen LogP contribution in [0.15, 0.2) is 23.8 Å². The lowest BCUT2D eigenvalue weighted by atomic mass is 9.73. The van der Waals surface area contributed by atoms with E-state index in [1.54, 1.807) is 0 Å². The van der Waals surface area contributed by atoms with Crippen LogP contribution in [0.5, 0.6) is 0 Å². The summed E-state index contributed by atoms with van der Waals surface area (Å²) in [5.41, 5.74) is 1.66. The zero-order valence-electron chi connectivity index (χ0n) is 9.75. The summed E-state index contributed by atoms with van der Waals surface area (Å²) in [5.74, 6) is 0.333. The molecule has 0 bridgehead atoms. The molecule has 1 nitrogen and oxygen atoms in total. The second kappa shape index (κ2) is 4.31. The molecule has 0 aromatic rings. The van der Waals surface area contributed by atoms with Crippen LogP contribution >= 0.6 is 0 Å². The Hall–Kier alpha value is -0.560. The minimum absolute atomic E-state index is 0.299. The lowest BCUT2D eigenvalue weighted by Crippen LogP contribution is -2.26. The van der Waals surface area contributed by atoms with E-state index in [2.05, 4.69) is 26.8 Å². The van der Waals surface area contributed by atoms with Gasteiger partial charge in [-0.05, 0) is 32.1 Å². The molecule has 0 spiro atoms. The van der Waals surface area contributed by atoms with E-state index in [0.29, 0.717) is 11.3 Å². The summed E-state index contributed by atoms with van der Waals surface area (Å²) in [4.78, 5) is 0. The minimum atomic E-state index is -0.299. The van der Waals surface area contributed by atoms with Gasteiger partial charge in [0.2, 0.25) is 0 Å². The van der Waals surface area contributed by atoms with E-state index in [1.807, 2.05) is 19.1 Å². The Morgan fingerprint density at radius 1 is 1.57 bits per heavy atom. The van der Waals surface area contributed by atoms with Crippen LogP contribution < -0.4 is 0 Å². The summed E-state index contributed by atoms with van der Waals surface area (Å²) in [6, 6.07) is 0. The Kier molecular flexibility index (Phi) is 3.54. The maximum atomic E-state index is 9.89. The third-order valence-corrected chi connectivity index (χ3v) is 3.10. The van der Waals surface area contributed by atoms with Gasteiger partial charge in [-0.15, -0.1) is 0 Å². The molecule has 2 atom stereocenters. The number of rotatable bonds is 2. The van der Waals surface area contributed by atoms with Gasteiger partial charge in [-0.3, -0.25) is 0 Å². The molecule has 1 heteroatoms. The maximum absolute atomic E-state index is 9.89. The Morgan fingerprint density at radius 2 is 2.21 bits per heavy atom. The highest BCUT2D eigenvalue weighted by Gasteiger charge is 2.28. The standard InChI is InChI=1S/C13H22O/c1-5-6-12(14)11-7-8-13(3,4)9-10(11)2/h5-6,9,11-12,14H,7-8H2,1-4H3. The van der Waals surface area contributed by atoms with Gasteiger partial charge in [-0.1, -0.05) is 37.6 Å². The van der Waals surface area contributed by atoms with E-state index in [0.717, 1.165) is 6.42 Å². The van der Waals surface area contributed by atoms with Gasteiger partial charge in [0.1, 0.15) is 0 Å². The molecule has 14 heavy (non-hydrogen) atoms. The predicted molar refractivity (Wildman–Crippen MR) is 61.1 cm³/mol. The Balaban J connectivity index is 2.76. The summed E-state index contributed by atoms with van der Waals surface area (Å²) < 4.78 is 0. The lowest BCUT2D eigenvalue weighted by Gasteiger charge is -2.33. The normalized spacial score (nSPS) is 28.9. The van der Waals surface area contributed by atoms with Crippen LogP contribution in [0.25, 0.3) is 0 Å². The molecule has 1 N–H and O–H groups in total. The zero-order chi connectivity index (χ0) is 10.8. The average molecular weight is 194 g/mol. The molecule has 0 radical (unpaired) electrons. The highest BCUT2D eigenvalue weighted by atomic mass is 16.3. The van der Waals surface area contributed by atoms with Crippen LogP contribution in [0.3, 0.4) is 0 Å². The van der Waals surface area contributed by atoms with Crippen LogP contribution in [0.4, 0.5) is 0 Å². The van der Waals surface area contributed by atoms with Crippen LogP contribution in [-0.4, -0.2) is 11.2 Å². The van der Waals surface area contributed by atoms with E-state index >= 15 is 0 Å². The van der Waals surface area contributed by atoms with Crippen molar-refractivity contribution in [1.29, 1.82) is 0 Å². The first-order valence-corrected chi connectivity index (χ1v) is 5.46. The smallest absolute Gasteiger partial charge is 0.0785 e. The second-order valence-corrected chi connectivity index (χ2v) is 5.04. The van der Waals surface area contributed by atoms with E-state index in [9.17, 15) is 5.11 Å². The van der Waals surface area contributed by atoms with Gasteiger partial charge >= 0.3 is 0 Å². The summed E-state index contributed by atoms with van der Waals surface area (Å²) >= 11 is 0. The van der Waals surface area contributed by atoms with Gasteiger partial charge in [0.25, 0.3) is 0 Å². The fourth-order valence-corrected chi connectivity index (χ4v) is 2.32. The number of aliphatic hydroxyl groups excluding tert-OH is 1. The van der Waals surface area contributed by atoms with Gasteiger partial charge in [-0.2, -0.15) is 0 Å². The molecule has 0 heterocycles. The van der Waals surface area contributed by atoms with Crippen molar-refractivity contribution in [1.82, 2.24) is 0 Å². The minimum Gasteiger partial charge on any atom is -0.388 e. The van der Waals surface area contributed by atoms with Gasteiger partial charge < -0.3 is 5.11 Å². The van der Waals surface area contributed by atoms with E-state index in [-0.39, 0.29) is 6.10 Å². The quantitative estimate of drug-likeness (QED) is 0.669. The van der Waals surface area contributed by atoms with Crippen molar-refractivity contribution < 1.29 is 5.11 Å². The molecule has 0 saturated heterocycles. The molecule has 0 saturated carbocycles. The molecular weight excluding hydrogens is 172 g/mol. The van der Waals surface area contributed by atoms with Gasteiger partial charge in [0, 0.05) is 5.92 Å². The molecule has 0 aromatic carbocycles. The largest absolute Gasteiger partial charge is 0.388 e. The van der Waals surface area contributed by atoms with Crippen molar-refractivity contribution in [3.8, 4) is 0 Å². The molecular formula is C13H22O. The predicted octanol–water partition coefficient (Wildman–Crippen LogP) is 3.31. The fourth-order valence-electron chi connectivity index (χ4n) is 2.32. The zero-order valence-corrected chi connectivity index (χ0v) is 9.75. The molecule has 1 rings (SSSR count). The number of aliphatic hydroxyl groups is 1. The SMILES string of the molecule is CC=CC(O)C1CCC(C)(C)C=C1C. The topological polar surface area (TPSA) is 20.2 Å². The fraction of sp³-hybridized carbons (Fsp3) is 0.692. The third-order valence-electron chi connectivity index (χ3n) is 3.10. The molecule has 0 aromatic heterocycles. The first-order chi connectivity index (χ1) is 6.46. The van der Waals surface area contributed by atoms with Crippen LogP contribution in [0.2, 0.25) is 0 Å². The van der Waals surface area contributed by atoms with Crippen molar-refractivity contribution in [2.45, 2.75) is 46.6 Å². The number of hydrogen-bond acceptors (Lipinski definition) is 1. The van der Waals surface area contributed by atoms with Crippen molar-refractivity contribution in [3.63, 3.8) is 0 Å².